The van der Waals surface area contributed by atoms with E-state index in [1.165, 1.54) is 23.6 Å². The number of nitrogens with zero attached hydrogens (tertiary/aromatic N) is 3. The molecule has 0 saturated heterocycles. The third-order valence-electron chi connectivity index (χ3n) is 4.70. The van der Waals surface area contributed by atoms with E-state index < -0.39 is 11.7 Å². The summed E-state index contributed by atoms with van der Waals surface area (Å²) in [5, 5.41) is 6.36. The van der Waals surface area contributed by atoms with E-state index in [4.69, 9.17) is 0 Å². The van der Waals surface area contributed by atoms with E-state index in [9.17, 15) is 13.2 Å². The zero-order valence-corrected chi connectivity index (χ0v) is 17.4. The van der Waals surface area contributed by atoms with Crippen molar-refractivity contribution in [2.45, 2.75) is 6.18 Å². The number of alkyl halides is 3. The van der Waals surface area contributed by atoms with Gasteiger partial charge in [-0.1, -0.05) is 66.7 Å². The summed E-state index contributed by atoms with van der Waals surface area (Å²) in [4.78, 5) is 4.88. The monoisotopic (exact) mass is 437 g/mol. The summed E-state index contributed by atoms with van der Waals surface area (Å²) in [5.41, 5.74) is 3.63. The molecule has 0 aliphatic heterocycles. The Morgan fingerprint density at radius 3 is 2.19 bits per heavy atom. The van der Waals surface area contributed by atoms with Crippen LogP contribution in [-0.4, -0.2) is 17.9 Å². The minimum absolute atomic E-state index is 0.362. The van der Waals surface area contributed by atoms with Crippen molar-refractivity contribution in [3.05, 3.63) is 100 Å². The van der Waals surface area contributed by atoms with Crippen LogP contribution in [0.2, 0.25) is 0 Å². The predicted octanol–water partition coefficient (Wildman–Crippen LogP) is 6.32. The lowest BCUT2D eigenvalue weighted by Crippen LogP contribution is -2.11. The third kappa shape index (κ3) is 4.67. The fourth-order valence-corrected chi connectivity index (χ4v) is 3.95. The second-order valence-corrected chi connectivity index (χ2v) is 7.59. The Bertz CT molecular complexity index is 1270. The summed E-state index contributed by atoms with van der Waals surface area (Å²) >= 11 is 1.42. The first-order chi connectivity index (χ1) is 15.0. The van der Waals surface area contributed by atoms with Crippen LogP contribution in [0.5, 0.6) is 0 Å². The topological polar surface area (TPSA) is 29.6 Å². The predicted molar refractivity (Wildman–Crippen MR) is 119 cm³/mol. The molecule has 0 aliphatic carbocycles. The lowest BCUT2D eigenvalue weighted by atomic mass is 10.0. The van der Waals surface area contributed by atoms with Gasteiger partial charge in [0, 0.05) is 18.0 Å². The number of benzene rings is 3. The van der Waals surface area contributed by atoms with Gasteiger partial charge in [0.15, 0.2) is 0 Å². The van der Waals surface area contributed by atoms with Crippen LogP contribution in [-0.2, 0) is 6.18 Å². The molecule has 0 spiro atoms. The Kier molecular flexibility index (Phi) is 5.86. The van der Waals surface area contributed by atoms with E-state index in [1.54, 1.807) is 17.8 Å². The highest BCUT2D eigenvalue weighted by Crippen LogP contribution is 2.29. The van der Waals surface area contributed by atoms with E-state index in [1.807, 2.05) is 60.0 Å². The van der Waals surface area contributed by atoms with E-state index in [0.29, 0.717) is 10.4 Å². The molecule has 0 atom stereocenters. The van der Waals surface area contributed by atoms with Crippen LogP contribution in [0, 0.1) is 0 Å². The minimum atomic E-state index is -4.39. The van der Waals surface area contributed by atoms with Crippen molar-refractivity contribution in [1.82, 2.24) is 4.68 Å². The van der Waals surface area contributed by atoms with Crippen molar-refractivity contribution >= 4 is 17.6 Å². The smallest absolute Gasteiger partial charge is 0.261 e. The number of hydrogen-bond acceptors (Lipinski definition) is 3. The lowest BCUT2D eigenvalue weighted by Gasteiger charge is -2.07. The maximum atomic E-state index is 13.0. The average molecular weight is 437 g/mol. The average Bonchev–Trinajstić information content (AvgIpc) is 3.21. The van der Waals surface area contributed by atoms with Crippen molar-refractivity contribution in [2.75, 3.05) is 7.05 Å². The quantitative estimate of drug-likeness (QED) is 0.335. The Morgan fingerprint density at radius 2 is 1.52 bits per heavy atom. The molecule has 3 aromatic carbocycles. The molecule has 4 rings (SSSR count). The molecule has 156 valence electrons. The van der Waals surface area contributed by atoms with E-state index in [2.05, 4.69) is 10.1 Å². The summed E-state index contributed by atoms with van der Waals surface area (Å²) in [6, 6.07) is 23.2. The zero-order chi connectivity index (χ0) is 21.8. The highest BCUT2D eigenvalue weighted by Gasteiger charge is 2.30. The van der Waals surface area contributed by atoms with Gasteiger partial charge in [-0.05, 0) is 28.8 Å². The molecule has 4 aromatic rings. The molecule has 1 aromatic heterocycles. The number of rotatable bonds is 4. The van der Waals surface area contributed by atoms with E-state index in [-0.39, 0.29) is 0 Å². The summed E-state index contributed by atoms with van der Waals surface area (Å²) in [6.07, 6.45) is -2.98. The van der Waals surface area contributed by atoms with Gasteiger partial charge < -0.3 is 0 Å². The number of thiazole rings is 1. The first-order valence-corrected chi connectivity index (χ1v) is 10.3. The number of aromatic nitrogens is 1. The lowest BCUT2D eigenvalue weighted by molar-refractivity contribution is -0.137. The Morgan fingerprint density at radius 1 is 0.839 bits per heavy atom. The Balaban J connectivity index is 1.68. The summed E-state index contributed by atoms with van der Waals surface area (Å²) < 4.78 is 40.6. The maximum absolute atomic E-state index is 13.0. The standard InChI is InChI=1S/C24H18F3N3S/c1-28-23-30(29-15-17-6-5-9-21(14-17)24(25,26)27)22(16-31-23)20-12-10-19(11-13-20)18-7-3-2-4-8-18/h2-16H,1H3. The molecular formula is C24H18F3N3S. The fourth-order valence-electron chi connectivity index (χ4n) is 3.14. The van der Waals surface area contributed by atoms with Gasteiger partial charge in [0.2, 0.25) is 4.80 Å². The second kappa shape index (κ2) is 8.73. The summed E-state index contributed by atoms with van der Waals surface area (Å²) in [7, 11) is 1.66. The van der Waals surface area contributed by atoms with Crippen molar-refractivity contribution in [3.63, 3.8) is 0 Å². The normalized spacial score (nSPS) is 12.6. The van der Waals surface area contributed by atoms with Gasteiger partial charge in [0.1, 0.15) is 0 Å². The summed E-state index contributed by atoms with van der Waals surface area (Å²) in [6.45, 7) is 0. The molecule has 7 heteroatoms. The van der Waals surface area contributed by atoms with Crippen molar-refractivity contribution in [3.8, 4) is 22.4 Å². The van der Waals surface area contributed by atoms with Crippen molar-refractivity contribution < 1.29 is 13.2 Å². The molecule has 0 aliphatic rings. The van der Waals surface area contributed by atoms with Crippen LogP contribution in [0.1, 0.15) is 11.1 Å². The Labute approximate surface area is 181 Å². The van der Waals surface area contributed by atoms with Crippen LogP contribution < -0.4 is 4.80 Å². The molecule has 0 saturated carbocycles. The second-order valence-electron chi connectivity index (χ2n) is 6.75. The Hall–Kier alpha value is -3.45. The highest BCUT2D eigenvalue weighted by molar-refractivity contribution is 7.07. The fraction of sp³-hybridized carbons (Fsp3) is 0.0833. The van der Waals surface area contributed by atoms with Crippen LogP contribution in [0.25, 0.3) is 22.4 Å². The molecule has 0 bridgehead atoms. The first-order valence-electron chi connectivity index (χ1n) is 9.46. The number of halogens is 3. The molecule has 1 heterocycles. The van der Waals surface area contributed by atoms with Gasteiger partial charge in [-0.3, -0.25) is 4.99 Å². The molecule has 31 heavy (non-hydrogen) atoms. The summed E-state index contributed by atoms with van der Waals surface area (Å²) in [5.74, 6) is 0. The van der Waals surface area contributed by atoms with Gasteiger partial charge in [0.05, 0.1) is 17.5 Å². The van der Waals surface area contributed by atoms with Crippen LogP contribution in [0.4, 0.5) is 13.2 Å². The van der Waals surface area contributed by atoms with Crippen LogP contribution >= 0.6 is 11.3 Å². The molecule has 0 unspecified atom stereocenters. The highest BCUT2D eigenvalue weighted by atomic mass is 32.1. The van der Waals surface area contributed by atoms with Crippen molar-refractivity contribution in [1.29, 1.82) is 0 Å². The maximum Gasteiger partial charge on any atom is 0.416 e. The third-order valence-corrected chi connectivity index (χ3v) is 5.61. The van der Waals surface area contributed by atoms with Crippen LogP contribution in [0.15, 0.2) is 94.3 Å². The molecular weight excluding hydrogens is 419 g/mol. The first kappa shape index (κ1) is 20.8. The van der Waals surface area contributed by atoms with Gasteiger partial charge in [-0.25, -0.2) is 4.68 Å². The molecule has 0 radical (unpaired) electrons. The minimum Gasteiger partial charge on any atom is -0.261 e. The van der Waals surface area contributed by atoms with Gasteiger partial charge in [-0.2, -0.15) is 18.3 Å². The van der Waals surface area contributed by atoms with E-state index >= 15 is 0 Å². The van der Waals surface area contributed by atoms with Crippen LogP contribution in [0.3, 0.4) is 0 Å². The zero-order valence-electron chi connectivity index (χ0n) is 16.5. The van der Waals surface area contributed by atoms with Crippen molar-refractivity contribution in [2.24, 2.45) is 10.1 Å². The molecule has 0 amide bonds. The van der Waals surface area contributed by atoms with E-state index in [0.717, 1.165) is 34.5 Å². The number of hydrogen-bond donors (Lipinski definition) is 0. The molecule has 0 fully saturated rings. The molecule has 0 N–H and O–H groups in total. The SMILES string of the molecule is CN=c1scc(-c2ccc(-c3ccccc3)cc2)n1N=Cc1cccc(C(F)(F)F)c1. The van der Waals surface area contributed by atoms with Gasteiger partial charge in [0.25, 0.3) is 0 Å². The van der Waals surface area contributed by atoms with Gasteiger partial charge in [-0.15, -0.1) is 11.3 Å². The van der Waals surface area contributed by atoms with Gasteiger partial charge >= 0.3 is 6.18 Å². The largest absolute Gasteiger partial charge is 0.416 e. The molecule has 3 nitrogen and oxygen atoms in total.